The number of hydrogen-bond donors (Lipinski definition) is 2. The van der Waals surface area contributed by atoms with E-state index in [-0.39, 0.29) is 17.4 Å². The first kappa shape index (κ1) is 15.3. The van der Waals surface area contributed by atoms with Gasteiger partial charge in [-0.3, -0.25) is 4.79 Å². The van der Waals surface area contributed by atoms with Crippen LogP contribution >= 0.6 is 11.6 Å². The molecule has 110 valence electrons. The molecular formula is C14H11ClF2N2O2. The monoisotopic (exact) mass is 312 g/mol. The number of carbonyl (C=O) groups is 1. The highest BCUT2D eigenvalue weighted by atomic mass is 35.5. The van der Waals surface area contributed by atoms with Crippen LogP contribution in [-0.2, 0) is 0 Å². The Labute approximate surface area is 124 Å². The van der Waals surface area contributed by atoms with Crippen molar-refractivity contribution in [1.29, 1.82) is 0 Å². The fourth-order valence-electron chi connectivity index (χ4n) is 1.75. The van der Waals surface area contributed by atoms with Gasteiger partial charge in [0.05, 0.1) is 5.56 Å². The number of aromatic nitrogens is 1. The van der Waals surface area contributed by atoms with Crippen molar-refractivity contribution in [1.82, 2.24) is 10.3 Å². The van der Waals surface area contributed by atoms with Crippen molar-refractivity contribution in [3.8, 4) is 0 Å². The van der Waals surface area contributed by atoms with E-state index in [1.807, 2.05) is 0 Å². The molecule has 1 aromatic carbocycles. The zero-order valence-corrected chi connectivity index (χ0v) is 11.4. The second kappa shape index (κ2) is 6.60. The van der Waals surface area contributed by atoms with Crippen molar-refractivity contribution < 1.29 is 18.7 Å². The largest absolute Gasteiger partial charge is 0.386 e. The van der Waals surface area contributed by atoms with E-state index in [1.165, 1.54) is 24.3 Å². The van der Waals surface area contributed by atoms with Gasteiger partial charge < -0.3 is 10.4 Å². The van der Waals surface area contributed by atoms with Crippen LogP contribution in [0.1, 0.15) is 22.2 Å². The van der Waals surface area contributed by atoms with Crippen LogP contribution in [0.2, 0.25) is 5.15 Å². The lowest BCUT2D eigenvalue weighted by Gasteiger charge is -2.13. The van der Waals surface area contributed by atoms with Crippen LogP contribution in [0.15, 0.2) is 36.4 Å². The number of rotatable bonds is 4. The molecule has 0 fully saturated rings. The van der Waals surface area contributed by atoms with Crippen LogP contribution in [0.5, 0.6) is 0 Å². The number of carbonyl (C=O) groups excluding carboxylic acids is 1. The molecule has 0 bridgehead atoms. The summed E-state index contributed by atoms with van der Waals surface area (Å²) < 4.78 is 26.9. The van der Waals surface area contributed by atoms with Gasteiger partial charge in [-0.15, -0.1) is 0 Å². The first-order chi connectivity index (χ1) is 9.99. The lowest BCUT2D eigenvalue weighted by atomic mass is 10.1. The Hall–Kier alpha value is -2.05. The van der Waals surface area contributed by atoms with Gasteiger partial charge in [0.1, 0.15) is 28.6 Å². The van der Waals surface area contributed by atoms with Crippen LogP contribution in [0, 0.1) is 11.6 Å². The molecule has 0 saturated heterocycles. The minimum Gasteiger partial charge on any atom is -0.386 e. The van der Waals surface area contributed by atoms with Gasteiger partial charge in [0, 0.05) is 6.54 Å². The summed E-state index contributed by atoms with van der Waals surface area (Å²) in [4.78, 5) is 15.6. The van der Waals surface area contributed by atoms with Crippen LogP contribution in [-0.4, -0.2) is 22.5 Å². The van der Waals surface area contributed by atoms with Crippen molar-refractivity contribution in [3.63, 3.8) is 0 Å². The zero-order chi connectivity index (χ0) is 15.4. The fourth-order valence-corrected chi connectivity index (χ4v) is 1.91. The van der Waals surface area contributed by atoms with Crippen molar-refractivity contribution in [3.05, 3.63) is 64.4 Å². The molecule has 0 spiro atoms. The number of pyridine rings is 1. The highest BCUT2D eigenvalue weighted by molar-refractivity contribution is 6.29. The zero-order valence-electron chi connectivity index (χ0n) is 10.7. The molecule has 1 atom stereocenters. The minimum absolute atomic E-state index is 0.0451. The fraction of sp³-hybridized carbons (Fsp3) is 0.143. The summed E-state index contributed by atoms with van der Waals surface area (Å²) in [5.41, 5.74) is -0.444. The first-order valence-electron chi connectivity index (χ1n) is 6.01. The summed E-state index contributed by atoms with van der Waals surface area (Å²) in [5.74, 6) is -2.36. The van der Waals surface area contributed by atoms with Gasteiger partial charge in [-0.2, -0.15) is 0 Å². The smallest absolute Gasteiger partial charge is 0.270 e. The highest BCUT2D eigenvalue weighted by Gasteiger charge is 2.19. The number of amides is 1. The van der Waals surface area contributed by atoms with Gasteiger partial charge in [-0.1, -0.05) is 23.7 Å². The summed E-state index contributed by atoms with van der Waals surface area (Å²) in [5, 5.41) is 12.3. The SMILES string of the molecule is O=C(NCC(O)c1c(F)cccc1F)c1cccc(Cl)n1. The van der Waals surface area contributed by atoms with Gasteiger partial charge in [0.2, 0.25) is 0 Å². The number of aliphatic hydroxyl groups excluding tert-OH is 1. The van der Waals surface area contributed by atoms with Gasteiger partial charge in [-0.25, -0.2) is 13.8 Å². The molecular weight excluding hydrogens is 302 g/mol. The van der Waals surface area contributed by atoms with Gasteiger partial charge in [0.15, 0.2) is 0 Å². The lowest BCUT2D eigenvalue weighted by molar-refractivity contribution is 0.0906. The third-order valence-electron chi connectivity index (χ3n) is 2.74. The standard InChI is InChI=1S/C14H11ClF2N2O2/c15-12-6-2-5-10(19-12)14(21)18-7-11(20)13-8(16)3-1-4-9(13)17/h1-6,11,20H,7H2,(H,18,21). The molecule has 0 saturated carbocycles. The van der Waals surface area contributed by atoms with Gasteiger partial charge in [-0.05, 0) is 24.3 Å². The van der Waals surface area contributed by atoms with Crippen molar-refractivity contribution >= 4 is 17.5 Å². The topological polar surface area (TPSA) is 62.2 Å². The molecule has 4 nitrogen and oxygen atoms in total. The molecule has 1 heterocycles. The normalized spacial score (nSPS) is 12.0. The van der Waals surface area contributed by atoms with Gasteiger partial charge >= 0.3 is 0 Å². The van der Waals surface area contributed by atoms with Gasteiger partial charge in [0.25, 0.3) is 5.91 Å². The van der Waals surface area contributed by atoms with E-state index in [9.17, 15) is 18.7 Å². The van der Waals surface area contributed by atoms with E-state index in [2.05, 4.69) is 10.3 Å². The Morgan fingerprint density at radius 2 is 1.86 bits per heavy atom. The molecule has 21 heavy (non-hydrogen) atoms. The molecule has 2 rings (SSSR count). The Morgan fingerprint density at radius 3 is 2.48 bits per heavy atom. The van der Waals surface area contributed by atoms with E-state index in [4.69, 9.17) is 11.6 Å². The number of halogens is 3. The third kappa shape index (κ3) is 3.74. The summed E-state index contributed by atoms with van der Waals surface area (Å²) in [6.07, 6.45) is -1.51. The van der Waals surface area contributed by atoms with Crippen molar-refractivity contribution in [2.75, 3.05) is 6.54 Å². The molecule has 0 radical (unpaired) electrons. The Kier molecular flexibility index (Phi) is 4.82. The van der Waals surface area contributed by atoms with Crippen molar-refractivity contribution in [2.24, 2.45) is 0 Å². The second-order valence-electron chi connectivity index (χ2n) is 4.21. The Bertz CT molecular complexity index is 647. The Morgan fingerprint density at radius 1 is 1.24 bits per heavy atom. The van der Waals surface area contributed by atoms with E-state index in [0.717, 1.165) is 12.1 Å². The average Bonchev–Trinajstić information content (AvgIpc) is 2.44. The number of aliphatic hydroxyl groups is 1. The van der Waals surface area contributed by atoms with Crippen LogP contribution < -0.4 is 5.32 Å². The highest BCUT2D eigenvalue weighted by Crippen LogP contribution is 2.20. The van der Waals surface area contributed by atoms with E-state index >= 15 is 0 Å². The summed E-state index contributed by atoms with van der Waals surface area (Å²) >= 11 is 5.65. The summed E-state index contributed by atoms with van der Waals surface area (Å²) in [6, 6.07) is 7.72. The Balaban J connectivity index is 2.04. The van der Waals surface area contributed by atoms with Crippen LogP contribution in [0.3, 0.4) is 0 Å². The number of hydrogen-bond acceptors (Lipinski definition) is 3. The van der Waals surface area contributed by atoms with E-state index in [1.54, 1.807) is 0 Å². The molecule has 1 amide bonds. The van der Waals surface area contributed by atoms with E-state index < -0.39 is 29.2 Å². The van der Waals surface area contributed by atoms with Crippen LogP contribution in [0.25, 0.3) is 0 Å². The molecule has 7 heteroatoms. The molecule has 2 N–H and O–H groups in total. The summed E-state index contributed by atoms with van der Waals surface area (Å²) in [6.45, 7) is -0.356. The molecule has 2 aromatic rings. The lowest BCUT2D eigenvalue weighted by Crippen LogP contribution is -2.29. The summed E-state index contributed by atoms with van der Waals surface area (Å²) in [7, 11) is 0. The molecule has 0 aliphatic carbocycles. The number of nitrogens with zero attached hydrogens (tertiary/aromatic N) is 1. The van der Waals surface area contributed by atoms with E-state index in [0.29, 0.717) is 0 Å². The molecule has 0 aliphatic rings. The molecule has 1 aromatic heterocycles. The average molecular weight is 313 g/mol. The maximum atomic E-state index is 13.5. The number of nitrogens with one attached hydrogen (secondary N) is 1. The third-order valence-corrected chi connectivity index (χ3v) is 2.95. The first-order valence-corrected chi connectivity index (χ1v) is 6.39. The maximum absolute atomic E-state index is 13.5. The predicted octanol–water partition coefficient (Wildman–Crippen LogP) is 2.48. The number of benzene rings is 1. The minimum atomic E-state index is -1.51. The van der Waals surface area contributed by atoms with Crippen molar-refractivity contribution in [2.45, 2.75) is 6.10 Å². The quantitative estimate of drug-likeness (QED) is 0.853. The van der Waals surface area contributed by atoms with Crippen LogP contribution in [0.4, 0.5) is 8.78 Å². The molecule has 1 unspecified atom stereocenters. The molecule has 0 aliphatic heterocycles. The second-order valence-corrected chi connectivity index (χ2v) is 4.59. The maximum Gasteiger partial charge on any atom is 0.270 e. The predicted molar refractivity (Wildman–Crippen MR) is 72.9 cm³/mol.